The highest BCUT2D eigenvalue weighted by Crippen LogP contribution is 2.72. The monoisotopic (exact) mass is 438 g/mol. The predicted octanol–water partition coefficient (Wildman–Crippen LogP) is 4.25. The number of carbonyl (C=O) groups excluding carboxylic acids is 1. The topological polar surface area (TPSA) is 121 Å². The molecule has 2 N–H and O–H groups in total. The van der Waals surface area contributed by atoms with Gasteiger partial charge < -0.3 is 33.3 Å². The lowest BCUT2D eigenvalue weighted by molar-refractivity contribution is 0.0214. The number of fused-ring (bicyclic) bond motifs is 6. The SMILES string of the molecule is Cc1c2c(O)c3c4c1C1(OC(=O)c5ccccc51)c1ccc(O)c(c1O4)OP(=O)(O2)O3. The second-order valence-electron chi connectivity index (χ2n) is 7.57. The van der Waals surface area contributed by atoms with Gasteiger partial charge in [-0.15, -0.1) is 0 Å². The third-order valence-electron chi connectivity index (χ3n) is 5.99. The smallest absolute Gasteiger partial charge is 0.504 e. The summed E-state index contributed by atoms with van der Waals surface area (Å²) in [6, 6.07) is 9.77. The number of aromatic hydroxyl groups is 2. The Labute approximate surface area is 173 Å². The summed E-state index contributed by atoms with van der Waals surface area (Å²) in [5, 5.41) is 21.1. The van der Waals surface area contributed by atoms with E-state index in [1.165, 1.54) is 6.07 Å². The summed E-state index contributed by atoms with van der Waals surface area (Å²) in [7, 11) is -4.29. The molecule has 31 heavy (non-hydrogen) atoms. The number of esters is 1. The van der Waals surface area contributed by atoms with E-state index < -0.39 is 25.1 Å². The first-order valence-electron chi connectivity index (χ1n) is 9.30. The lowest BCUT2D eigenvalue weighted by atomic mass is 9.75. The van der Waals surface area contributed by atoms with Crippen LogP contribution in [0.4, 0.5) is 0 Å². The van der Waals surface area contributed by atoms with Crippen molar-refractivity contribution in [1.82, 2.24) is 0 Å². The van der Waals surface area contributed by atoms with Crippen molar-refractivity contribution in [2.75, 3.05) is 0 Å². The summed E-state index contributed by atoms with van der Waals surface area (Å²) in [5.41, 5.74) is 0.481. The van der Waals surface area contributed by atoms with Crippen molar-refractivity contribution in [2.45, 2.75) is 12.5 Å². The number of benzene rings is 3. The van der Waals surface area contributed by atoms with Crippen molar-refractivity contribution >= 4 is 13.8 Å². The van der Waals surface area contributed by atoms with E-state index >= 15 is 0 Å². The van der Waals surface area contributed by atoms with Crippen LogP contribution in [0.1, 0.15) is 32.6 Å². The summed E-state index contributed by atoms with van der Waals surface area (Å²) in [5.74, 6) is -2.01. The molecule has 0 saturated carbocycles. The Morgan fingerprint density at radius 1 is 0.871 bits per heavy atom. The Hall–Kier alpha value is -3.84. The van der Waals surface area contributed by atoms with Gasteiger partial charge in [-0.3, -0.25) is 0 Å². The fourth-order valence-corrected chi connectivity index (χ4v) is 6.11. The van der Waals surface area contributed by atoms with Crippen LogP contribution in [0.2, 0.25) is 0 Å². The van der Waals surface area contributed by atoms with Crippen LogP contribution < -0.4 is 18.3 Å². The minimum Gasteiger partial charge on any atom is -0.504 e. The maximum absolute atomic E-state index is 13.2. The highest BCUT2D eigenvalue weighted by molar-refractivity contribution is 7.50. The van der Waals surface area contributed by atoms with Gasteiger partial charge in [0.15, 0.2) is 28.6 Å². The lowest BCUT2D eigenvalue weighted by Crippen LogP contribution is -2.35. The Morgan fingerprint density at radius 3 is 2.45 bits per heavy atom. The van der Waals surface area contributed by atoms with Gasteiger partial charge in [0, 0.05) is 11.1 Å². The van der Waals surface area contributed by atoms with Crippen molar-refractivity contribution in [3.05, 3.63) is 64.2 Å². The van der Waals surface area contributed by atoms with Crippen LogP contribution in [-0.2, 0) is 14.9 Å². The number of hydrogen-bond donors (Lipinski definition) is 2. The summed E-state index contributed by atoms with van der Waals surface area (Å²) in [6.07, 6.45) is 0. The molecular formula is C21H11O9P. The predicted molar refractivity (Wildman–Crippen MR) is 102 cm³/mol. The molecule has 154 valence electrons. The number of rotatable bonds is 0. The fourth-order valence-electron chi connectivity index (χ4n) is 4.75. The van der Waals surface area contributed by atoms with E-state index in [9.17, 15) is 19.6 Å². The molecule has 7 rings (SSSR count). The molecule has 0 fully saturated rings. The second-order valence-corrected chi connectivity index (χ2v) is 9.01. The van der Waals surface area contributed by atoms with Crippen LogP contribution in [0.15, 0.2) is 36.4 Å². The first-order valence-corrected chi connectivity index (χ1v) is 10.8. The Kier molecular flexibility index (Phi) is 2.67. The summed E-state index contributed by atoms with van der Waals surface area (Å²) < 4.78 is 41.6. The van der Waals surface area contributed by atoms with Gasteiger partial charge in [-0.2, -0.15) is 4.57 Å². The Morgan fingerprint density at radius 2 is 1.61 bits per heavy atom. The molecular weight excluding hydrogens is 427 g/mol. The van der Waals surface area contributed by atoms with Gasteiger partial charge in [0.2, 0.25) is 17.2 Å². The third-order valence-corrected chi connectivity index (χ3v) is 7.21. The van der Waals surface area contributed by atoms with Crippen molar-refractivity contribution in [2.24, 2.45) is 0 Å². The molecule has 2 atom stereocenters. The van der Waals surface area contributed by atoms with E-state index in [-0.39, 0.29) is 34.5 Å². The van der Waals surface area contributed by atoms with Crippen LogP contribution in [-0.4, -0.2) is 16.2 Å². The van der Waals surface area contributed by atoms with Crippen molar-refractivity contribution in [3.63, 3.8) is 0 Å². The van der Waals surface area contributed by atoms with Crippen LogP contribution in [0.3, 0.4) is 0 Å². The van der Waals surface area contributed by atoms with Crippen molar-refractivity contribution < 1.29 is 42.6 Å². The average molecular weight is 438 g/mol. The number of phenols is 2. The van der Waals surface area contributed by atoms with Crippen LogP contribution in [0.5, 0.6) is 40.2 Å². The van der Waals surface area contributed by atoms with E-state index in [0.29, 0.717) is 27.8 Å². The zero-order valence-electron chi connectivity index (χ0n) is 15.7. The first kappa shape index (κ1) is 16.9. The van der Waals surface area contributed by atoms with Gasteiger partial charge >= 0.3 is 13.8 Å². The fraction of sp³-hybridized carbons (Fsp3) is 0.0952. The Balaban J connectivity index is 1.74. The molecule has 2 unspecified atom stereocenters. The minimum absolute atomic E-state index is 0.00873. The minimum atomic E-state index is -4.29. The van der Waals surface area contributed by atoms with Crippen LogP contribution >= 0.6 is 7.82 Å². The molecule has 0 aromatic heterocycles. The number of phenolic OH excluding ortho intramolecular Hbond substituents is 2. The molecule has 3 aromatic carbocycles. The van der Waals surface area contributed by atoms with Gasteiger partial charge in [-0.25, -0.2) is 4.79 Å². The van der Waals surface area contributed by atoms with E-state index in [1.54, 1.807) is 37.3 Å². The van der Waals surface area contributed by atoms with Gasteiger partial charge in [-0.1, -0.05) is 18.2 Å². The van der Waals surface area contributed by atoms with E-state index in [1.807, 2.05) is 0 Å². The molecule has 5 bridgehead atoms. The quantitative estimate of drug-likeness (QED) is 0.392. The molecule has 0 saturated heterocycles. The maximum atomic E-state index is 13.2. The van der Waals surface area contributed by atoms with Gasteiger partial charge in [-0.05, 0) is 25.1 Å². The molecule has 9 nitrogen and oxygen atoms in total. The maximum Gasteiger partial charge on any atom is 0.647 e. The molecule has 4 aliphatic rings. The zero-order chi connectivity index (χ0) is 21.3. The summed E-state index contributed by atoms with van der Waals surface area (Å²) >= 11 is 0. The number of phosphoric acid groups is 1. The molecule has 0 aliphatic carbocycles. The van der Waals surface area contributed by atoms with Crippen LogP contribution in [0.25, 0.3) is 0 Å². The van der Waals surface area contributed by atoms with Crippen LogP contribution in [0, 0.1) is 6.92 Å². The largest absolute Gasteiger partial charge is 0.647 e. The zero-order valence-corrected chi connectivity index (χ0v) is 16.6. The lowest BCUT2D eigenvalue weighted by Gasteiger charge is -2.42. The van der Waals surface area contributed by atoms with Gasteiger partial charge in [0.25, 0.3) is 0 Å². The van der Waals surface area contributed by atoms with E-state index in [4.69, 9.17) is 23.0 Å². The summed E-state index contributed by atoms with van der Waals surface area (Å²) in [4.78, 5) is 12.9. The van der Waals surface area contributed by atoms with Gasteiger partial charge in [0.1, 0.15) is 0 Å². The van der Waals surface area contributed by atoms with E-state index in [2.05, 4.69) is 0 Å². The molecule has 4 heterocycles. The highest BCUT2D eigenvalue weighted by atomic mass is 31.2. The van der Waals surface area contributed by atoms with Crippen molar-refractivity contribution in [1.29, 1.82) is 0 Å². The summed E-state index contributed by atoms with van der Waals surface area (Å²) in [6.45, 7) is 1.63. The molecule has 3 aromatic rings. The number of phosphoric ester groups is 1. The Bertz CT molecular complexity index is 1450. The molecule has 4 aliphatic heterocycles. The van der Waals surface area contributed by atoms with Crippen molar-refractivity contribution in [3.8, 4) is 40.2 Å². The normalized spacial score (nSPS) is 25.0. The van der Waals surface area contributed by atoms with Gasteiger partial charge in [0.05, 0.1) is 16.7 Å². The first-order chi connectivity index (χ1) is 14.8. The molecule has 0 amide bonds. The number of carbonyl (C=O) groups is 1. The highest BCUT2D eigenvalue weighted by Gasteiger charge is 2.60. The number of hydrogen-bond acceptors (Lipinski definition) is 9. The average Bonchev–Trinajstić information content (AvgIpc) is 3.02. The molecule has 10 heteroatoms. The number of ether oxygens (including phenoxy) is 2. The second kappa shape index (κ2) is 4.90. The molecule has 0 radical (unpaired) electrons. The van der Waals surface area contributed by atoms with E-state index in [0.717, 1.165) is 0 Å². The molecule has 1 spiro atoms. The third kappa shape index (κ3) is 1.72. The standard InChI is InChI=1S/C21H11O9P/c1-8-13-18-19-14(23)15(8)28-31(25,30-19)29-17-12(22)7-6-11(16(17)26-18)21(13)10-5-3-2-4-9(10)20(24)27-21/h2-7,22-23H,1H3.